The van der Waals surface area contributed by atoms with E-state index in [-0.39, 0.29) is 12.5 Å². The van der Waals surface area contributed by atoms with Gasteiger partial charge >= 0.3 is 0 Å². The van der Waals surface area contributed by atoms with Gasteiger partial charge in [-0.25, -0.2) is 0 Å². The van der Waals surface area contributed by atoms with E-state index in [2.05, 4.69) is 21.2 Å². The molecule has 6 heteroatoms. The second-order valence-electron chi connectivity index (χ2n) is 4.35. The molecule has 0 aliphatic carbocycles. The topological polar surface area (TPSA) is 72.2 Å². The Morgan fingerprint density at radius 2 is 1.90 bits per heavy atom. The summed E-state index contributed by atoms with van der Waals surface area (Å²) in [5.74, 6) is -0.788. The van der Waals surface area contributed by atoms with Crippen LogP contribution in [0.15, 0.2) is 46.9 Å². The molecule has 0 atom stereocenters. The average molecular weight is 368 g/mol. The highest BCUT2D eigenvalue weighted by molar-refractivity contribution is 9.10. The molecule has 2 amide bonds. The van der Waals surface area contributed by atoms with Gasteiger partial charge in [0.25, 0.3) is 5.91 Å². The molecule has 0 aliphatic rings. The van der Waals surface area contributed by atoms with Crippen molar-refractivity contribution in [2.45, 2.75) is 6.54 Å². The summed E-state index contributed by atoms with van der Waals surface area (Å²) in [5, 5.41) is 3.12. The molecule has 108 valence electrons. The zero-order chi connectivity index (χ0) is 15.4. The predicted octanol–water partition coefficient (Wildman–Crippen LogP) is 3.13. The summed E-state index contributed by atoms with van der Waals surface area (Å²) < 4.78 is 0.660. The van der Waals surface area contributed by atoms with Crippen LogP contribution in [0, 0.1) is 0 Å². The summed E-state index contributed by atoms with van der Waals surface area (Å²) >= 11 is 9.34. The number of nitrogens with one attached hydrogen (secondary N) is 1. The number of hydrogen-bond acceptors (Lipinski definition) is 2. The van der Waals surface area contributed by atoms with E-state index in [1.165, 1.54) is 0 Å². The minimum absolute atomic E-state index is 0.281. The van der Waals surface area contributed by atoms with Crippen LogP contribution in [0.5, 0.6) is 0 Å². The van der Waals surface area contributed by atoms with Crippen molar-refractivity contribution in [1.82, 2.24) is 5.32 Å². The Labute approximate surface area is 135 Å². The van der Waals surface area contributed by atoms with Crippen molar-refractivity contribution in [2.24, 2.45) is 5.73 Å². The molecule has 0 saturated carbocycles. The molecule has 21 heavy (non-hydrogen) atoms. The van der Waals surface area contributed by atoms with Crippen molar-refractivity contribution in [1.29, 1.82) is 0 Å². The van der Waals surface area contributed by atoms with E-state index in [1.807, 2.05) is 0 Å². The van der Waals surface area contributed by atoms with Gasteiger partial charge < -0.3 is 11.1 Å². The fraction of sp³-hybridized carbons (Fsp3) is 0.0667. The van der Waals surface area contributed by atoms with E-state index in [1.54, 1.807) is 42.5 Å². The van der Waals surface area contributed by atoms with Gasteiger partial charge in [-0.05, 0) is 45.8 Å². The lowest BCUT2D eigenvalue weighted by atomic mass is 10.1. The quantitative estimate of drug-likeness (QED) is 0.871. The summed E-state index contributed by atoms with van der Waals surface area (Å²) in [6.45, 7) is 0.281. The molecule has 0 spiro atoms. The standard InChI is InChI=1S/C15H12BrClN2O2/c16-12-6-2-5-11(13(12)17)15(21)19-8-9-3-1-4-10(7-9)14(18)20/h1-7H,8H2,(H2,18,20)(H,19,21). The van der Waals surface area contributed by atoms with Crippen LogP contribution in [0.25, 0.3) is 0 Å². The first-order chi connectivity index (χ1) is 9.99. The summed E-state index contributed by atoms with van der Waals surface area (Å²) in [4.78, 5) is 23.2. The Balaban J connectivity index is 2.09. The predicted molar refractivity (Wildman–Crippen MR) is 85.3 cm³/mol. The number of primary amides is 1. The van der Waals surface area contributed by atoms with Crippen LogP contribution in [-0.4, -0.2) is 11.8 Å². The highest BCUT2D eigenvalue weighted by Gasteiger charge is 2.12. The number of halogens is 2. The van der Waals surface area contributed by atoms with Gasteiger partial charge in [0.15, 0.2) is 0 Å². The highest BCUT2D eigenvalue weighted by atomic mass is 79.9. The third kappa shape index (κ3) is 3.83. The Bertz CT molecular complexity index is 704. The maximum atomic E-state index is 12.1. The zero-order valence-electron chi connectivity index (χ0n) is 10.9. The van der Waals surface area contributed by atoms with Gasteiger partial charge in [-0.1, -0.05) is 29.8 Å². The molecule has 0 saturated heterocycles. The van der Waals surface area contributed by atoms with E-state index in [9.17, 15) is 9.59 Å². The Morgan fingerprint density at radius 3 is 2.62 bits per heavy atom. The van der Waals surface area contributed by atoms with Gasteiger partial charge in [0.2, 0.25) is 5.91 Å². The van der Waals surface area contributed by atoms with Crippen molar-refractivity contribution in [3.63, 3.8) is 0 Å². The second kappa shape index (κ2) is 6.74. The number of carbonyl (C=O) groups is 2. The van der Waals surface area contributed by atoms with E-state index in [0.29, 0.717) is 20.6 Å². The van der Waals surface area contributed by atoms with Gasteiger partial charge in [-0.3, -0.25) is 9.59 Å². The number of nitrogens with two attached hydrogens (primary N) is 1. The molecule has 2 aromatic carbocycles. The molecule has 2 rings (SSSR count). The summed E-state index contributed by atoms with van der Waals surface area (Å²) in [5.41, 5.74) is 6.79. The van der Waals surface area contributed by atoms with Crippen molar-refractivity contribution in [3.05, 3.63) is 68.7 Å². The first-order valence-electron chi connectivity index (χ1n) is 6.10. The van der Waals surface area contributed by atoms with Crippen molar-refractivity contribution in [2.75, 3.05) is 0 Å². The van der Waals surface area contributed by atoms with E-state index < -0.39 is 5.91 Å². The summed E-state index contributed by atoms with van der Waals surface area (Å²) in [7, 11) is 0. The SMILES string of the molecule is NC(=O)c1cccc(CNC(=O)c2cccc(Br)c2Cl)c1. The molecule has 3 N–H and O–H groups in total. The van der Waals surface area contributed by atoms with Crippen molar-refractivity contribution in [3.8, 4) is 0 Å². The minimum atomic E-state index is -0.502. The van der Waals surface area contributed by atoms with Crippen molar-refractivity contribution < 1.29 is 9.59 Å². The lowest BCUT2D eigenvalue weighted by Gasteiger charge is -2.08. The van der Waals surface area contributed by atoms with Crippen LogP contribution in [0.3, 0.4) is 0 Å². The third-order valence-electron chi connectivity index (χ3n) is 2.86. The zero-order valence-corrected chi connectivity index (χ0v) is 13.2. The van der Waals surface area contributed by atoms with Gasteiger partial charge in [0, 0.05) is 16.6 Å². The molecule has 0 heterocycles. The van der Waals surface area contributed by atoms with E-state index in [0.717, 1.165) is 5.56 Å². The van der Waals surface area contributed by atoms with Crippen molar-refractivity contribution >= 4 is 39.3 Å². The van der Waals surface area contributed by atoms with Crippen LogP contribution < -0.4 is 11.1 Å². The molecule has 0 aliphatic heterocycles. The Hall–Kier alpha value is -1.85. The fourth-order valence-electron chi connectivity index (χ4n) is 1.79. The minimum Gasteiger partial charge on any atom is -0.366 e. The van der Waals surface area contributed by atoms with Gasteiger partial charge in [-0.15, -0.1) is 0 Å². The molecule has 0 aromatic heterocycles. The number of carbonyl (C=O) groups excluding carboxylic acids is 2. The van der Waals surface area contributed by atoms with Crippen LogP contribution in [0.1, 0.15) is 26.3 Å². The second-order valence-corrected chi connectivity index (χ2v) is 5.58. The van der Waals surface area contributed by atoms with Gasteiger partial charge in [0.1, 0.15) is 0 Å². The lowest BCUT2D eigenvalue weighted by Crippen LogP contribution is -2.23. The van der Waals surface area contributed by atoms with Gasteiger partial charge in [0.05, 0.1) is 10.6 Å². The fourth-order valence-corrected chi connectivity index (χ4v) is 2.37. The Morgan fingerprint density at radius 1 is 1.19 bits per heavy atom. The molecular formula is C15H12BrClN2O2. The molecule has 0 bridgehead atoms. The smallest absolute Gasteiger partial charge is 0.253 e. The maximum absolute atomic E-state index is 12.1. The van der Waals surface area contributed by atoms with Crippen LogP contribution in [0.2, 0.25) is 5.02 Å². The number of amides is 2. The molecular weight excluding hydrogens is 356 g/mol. The van der Waals surface area contributed by atoms with E-state index in [4.69, 9.17) is 17.3 Å². The first kappa shape index (κ1) is 15.5. The highest BCUT2D eigenvalue weighted by Crippen LogP contribution is 2.25. The van der Waals surface area contributed by atoms with Crippen LogP contribution in [-0.2, 0) is 6.54 Å². The largest absolute Gasteiger partial charge is 0.366 e. The normalized spacial score (nSPS) is 10.2. The van der Waals surface area contributed by atoms with Gasteiger partial charge in [-0.2, -0.15) is 0 Å². The third-order valence-corrected chi connectivity index (χ3v) is 4.16. The molecule has 4 nitrogen and oxygen atoms in total. The molecule has 0 radical (unpaired) electrons. The molecule has 2 aromatic rings. The van der Waals surface area contributed by atoms with Crippen LogP contribution >= 0.6 is 27.5 Å². The summed E-state index contributed by atoms with van der Waals surface area (Å²) in [6.07, 6.45) is 0. The number of benzene rings is 2. The number of hydrogen-bond donors (Lipinski definition) is 2. The number of rotatable bonds is 4. The molecule has 0 unspecified atom stereocenters. The monoisotopic (exact) mass is 366 g/mol. The molecule has 0 fully saturated rings. The maximum Gasteiger partial charge on any atom is 0.253 e. The Kier molecular flexibility index (Phi) is 4.98. The van der Waals surface area contributed by atoms with Crippen LogP contribution in [0.4, 0.5) is 0 Å². The first-order valence-corrected chi connectivity index (χ1v) is 7.27. The summed E-state index contributed by atoms with van der Waals surface area (Å²) in [6, 6.07) is 11.9. The average Bonchev–Trinajstić information content (AvgIpc) is 2.48. The lowest BCUT2D eigenvalue weighted by molar-refractivity contribution is 0.0950. The van der Waals surface area contributed by atoms with E-state index >= 15 is 0 Å².